The molecule has 1 aromatic heterocycles. The zero-order valence-corrected chi connectivity index (χ0v) is 16.2. The molecule has 0 saturated carbocycles. The molecule has 2 aromatic rings. The largest absolute Gasteiger partial charge is 0.351 e. The molecule has 9 nitrogen and oxygen atoms in total. The monoisotopic (exact) mass is 394 g/mol. The standard InChI is InChI=1S/C20H22N6O3/c1-24-18(28)15-4-3-14(13-16(15)19(24)29)17(27)21-7-8-25-9-11-26(12-10-25)20-22-5-2-6-23-20/h2-6,13H,7-12H2,1H3,(H,21,27). The Kier molecular flexibility index (Phi) is 5.22. The molecule has 1 N–H and O–H groups in total. The molecule has 150 valence electrons. The third kappa shape index (κ3) is 3.81. The molecule has 1 fully saturated rings. The Labute approximate surface area is 168 Å². The predicted octanol–water partition coefficient (Wildman–Crippen LogP) is 0.254. The van der Waals surface area contributed by atoms with Gasteiger partial charge < -0.3 is 10.2 Å². The lowest BCUT2D eigenvalue weighted by molar-refractivity contribution is 0.0693. The Hall–Kier alpha value is -3.33. The topological polar surface area (TPSA) is 98.7 Å². The average molecular weight is 394 g/mol. The summed E-state index contributed by atoms with van der Waals surface area (Å²) in [5.41, 5.74) is 1.00. The molecule has 4 rings (SSSR count). The molecule has 2 aliphatic heterocycles. The third-order valence-corrected chi connectivity index (χ3v) is 5.27. The van der Waals surface area contributed by atoms with Crippen molar-refractivity contribution < 1.29 is 14.4 Å². The first kappa shape index (κ1) is 19.0. The van der Waals surface area contributed by atoms with Gasteiger partial charge >= 0.3 is 0 Å². The molecule has 0 unspecified atom stereocenters. The maximum Gasteiger partial charge on any atom is 0.261 e. The predicted molar refractivity (Wildman–Crippen MR) is 106 cm³/mol. The van der Waals surface area contributed by atoms with E-state index in [1.165, 1.54) is 13.1 Å². The molecule has 1 saturated heterocycles. The normalized spacial score (nSPS) is 16.9. The van der Waals surface area contributed by atoms with Crippen molar-refractivity contribution >= 4 is 23.7 Å². The highest BCUT2D eigenvalue weighted by molar-refractivity contribution is 6.21. The van der Waals surface area contributed by atoms with Crippen LogP contribution in [0, 0.1) is 0 Å². The van der Waals surface area contributed by atoms with Gasteiger partial charge in [-0.2, -0.15) is 0 Å². The van der Waals surface area contributed by atoms with E-state index in [1.54, 1.807) is 30.6 Å². The second-order valence-electron chi connectivity index (χ2n) is 7.06. The molecule has 3 amide bonds. The van der Waals surface area contributed by atoms with E-state index in [1.807, 2.05) is 0 Å². The van der Waals surface area contributed by atoms with Gasteiger partial charge in [0.2, 0.25) is 5.95 Å². The number of benzene rings is 1. The van der Waals surface area contributed by atoms with Crippen LogP contribution >= 0.6 is 0 Å². The summed E-state index contributed by atoms with van der Waals surface area (Å²) in [6.45, 7) is 4.66. The summed E-state index contributed by atoms with van der Waals surface area (Å²) in [6, 6.07) is 6.42. The zero-order chi connectivity index (χ0) is 20.4. The number of carbonyl (C=O) groups is 3. The van der Waals surface area contributed by atoms with E-state index in [0.29, 0.717) is 17.7 Å². The number of amides is 3. The lowest BCUT2D eigenvalue weighted by atomic mass is 10.1. The van der Waals surface area contributed by atoms with Gasteiger partial charge in [-0.05, 0) is 24.3 Å². The van der Waals surface area contributed by atoms with Crippen LogP contribution in [0.25, 0.3) is 0 Å². The number of nitrogens with zero attached hydrogens (tertiary/aromatic N) is 5. The minimum absolute atomic E-state index is 0.251. The van der Waals surface area contributed by atoms with Crippen molar-refractivity contribution in [1.82, 2.24) is 25.1 Å². The van der Waals surface area contributed by atoms with Crippen LogP contribution in [0.3, 0.4) is 0 Å². The molecule has 3 heterocycles. The molecule has 1 aromatic carbocycles. The van der Waals surface area contributed by atoms with Gasteiger partial charge in [-0.25, -0.2) is 9.97 Å². The number of fused-ring (bicyclic) bond motifs is 1. The van der Waals surface area contributed by atoms with Gasteiger partial charge in [0.25, 0.3) is 17.7 Å². The van der Waals surface area contributed by atoms with Gasteiger partial charge in [0.05, 0.1) is 11.1 Å². The number of hydrogen-bond donors (Lipinski definition) is 1. The summed E-state index contributed by atoms with van der Waals surface area (Å²) in [7, 11) is 1.44. The van der Waals surface area contributed by atoms with Crippen molar-refractivity contribution in [2.24, 2.45) is 0 Å². The molecular formula is C20H22N6O3. The summed E-state index contributed by atoms with van der Waals surface area (Å²) < 4.78 is 0. The summed E-state index contributed by atoms with van der Waals surface area (Å²) >= 11 is 0. The average Bonchev–Trinajstić information content (AvgIpc) is 2.98. The van der Waals surface area contributed by atoms with Gasteiger partial charge in [0.15, 0.2) is 0 Å². The minimum Gasteiger partial charge on any atom is -0.351 e. The maximum atomic E-state index is 12.4. The van der Waals surface area contributed by atoms with E-state index < -0.39 is 0 Å². The van der Waals surface area contributed by atoms with Crippen LogP contribution in [-0.2, 0) is 0 Å². The molecule has 29 heavy (non-hydrogen) atoms. The highest BCUT2D eigenvalue weighted by Gasteiger charge is 2.33. The number of anilines is 1. The SMILES string of the molecule is CN1C(=O)c2ccc(C(=O)NCCN3CCN(c4ncccn4)CC3)cc2C1=O. The Bertz CT molecular complexity index is 940. The number of nitrogens with one attached hydrogen (secondary N) is 1. The number of aromatic nitrogens is 2. The Morgan fingerprint density at radius 3 is 2.45 bits per heavy atom. The van der Waals surface area contributed by atoms with Crippen LogP contribution in [0.1, 0.15) is 31.1 Å². The minimum atomic E-state index is -0.375. The zero-order valence-electron chi connectivity index (χ0n) is 16.2. The van der Waals surface area contributed by atoms with Gasteiger partial charge in [-0.1, -0.05) is 0 Å². The Morgan fingerprint density at radius 2 is 1.72 bits per heavy atom. The van der Waals surface area contributed by atoms with Gasteiger partial charge in [0.1, 0.15) is 0 Å². The van der Waals surface area contributed by atoms with Crippen molar-refractivity contribution in [3.05, 3.63) is 53.3 Å². The molecule has 0 atom stereocenters. The lowest BCUT2D eigenvalue weighted by Gasteiger charge is -2.34. The van der Waals surface area contributed by atoms with Gasteiger partial charge in [0, 0.05) is 64.3 Å². The highest BCUT2D eigenvalue weighted by Crippen LogP contribution is 2.22. The van der Waals surface area contributed by atoms with E-state index in [9.17, 15) is 14.4 Å². The number of carbonyl (C=O) groups excluding carboxylic acids is 3. The van der Waals surface area contributed by atoms with Crippen LogP contribution in [0.15, 0.2) is 36.7 Å². The summed E-state index contributed by atoms with van der Waals surface area (Å²) in [5, 5.41) is 2.89. The molecule has 2 aliphatic rings. The van der Waals surface area contributed by atoms with Gasteiger partial charge in [-0.15, -0.1) is 0 Å². The molecule has 0 spiro atoms. The fraction of sp³-hybridized carbons (Fsp3) is 0.350. The second-order valence-corrected chi connectivity index (χ2v) is 7.06. The van der Waals surface area contributed by atoms with E-state index in [4.69, 9.17) is 0 Å². The van der Waals surface area contributed by atoms with E-state index in [0.717, 1.165) is 43.6 Å². The third-order valence-electron chi connectivity index (χ3n) is 5.27. The molecule has 0 radical (unpaired) electrons. The van der Waals surface area contributed by atoms with E-state index in [-0.39, 0.29) is 23.3 Å². The van der Waals surface area contributed by atoms with Gasteiger partial charge in [-0.3, -0.25) is 24.2 Å². The molecule has 0 aliphatic carbocycles. The fourth-order valence-electron chi connectivity index (χ4n) is 3.56. The van der Waals surface area contributed by atoms with Crippen LogP contribution in [-0.4, -0.2) is 83.8 Å². The van der Waals surface area contributed by atoms with E-state index in [2.05, 4.69) is 25.1 Å². The number of imide groups is 1. The fourth-order valence-corrected chi connectivity index (χ4v) is 3.56. The quantitative estimate of drug-likeness (QED) is 0.726. The maximum absolute atomic E-state index is 12.4. The van der Waals surface area contributed by atoms with E-state index >= 15 is 0 Å². The number of piperazine rings is 1. The second kappa shape index (κ2) is 7.96. The molecular weight excluding hydrogens is 372 g/mol. The molecule has 0 bridgehead atoms. The van der Waals surface area contributed by atoms with Crippen LogP contribution in [0.4, 0.5) is 5.95 Å². The van der Waals surface area contributed by atoms with Crippen LogP contribution < -0.4 is 10.2 Å². The van der Waals surface area contributed by atoms with Crippen molar-refractivity contribution in [3.63, 3.8) is 0 Å². The first-order valence-corrected chi connectivity index (χ1v) is 9.53. The first-order valence-electron chi connectivity index (χ1n) is 9.53. The lowest BCUT2D eigenvalue weighted by Crippen LogP contribution is -2.49. The Morgan fingerprint density at radius 1 is 1.03 bits per heavy atom. The summed E-state index contributed by atoms with van der Waals surface area (Å²) in [4.78, 5) is 50.5. The van der Waals surface area contributed by atoms with Crippen molar-refractivity contribution in [1.29, 1.82) is 0 Å². The summed E-state index contributed by atoms with van der Waals surface area (Å²) in [6.07, 6.45) is 3.48. The van der Waals surface area contributed by atoms with Crippen molar-refractivity contribution in [3.8, 4) is 0 Å². The molecule has 9 heteroatoms. The summed E-state index contributed by atoms with van der Waals surface area (Å²) in [5.74, 6) is -0.216. The highest BCUT2D eigenvalue weighted by atomic mass is 16.2. The van der Waals surface area contributed by atoms with Crippen LogP contribution in [0.2, 0.25) is 0 Å². The van der Waals surface area contributed by atoms with Crippen molar-refractivity contribution in [2.45, 2.75) is 0 Å². The number of rotatable bonds is 5. The number of hydrogen-bond acceptors (Lipinski definition) is 7. The Balaban J connectivity index is 1.26. The van der Waals surface area contributed by atoms with Crippen LogP contribution in [0.5, 0.6) is 0 Å². The smallest absolute Gasteiger partial charge is 0.261 e. The first-order chi connectivity index (χ1) is 14.0. The van der Waals surface area contributed by atoms with Crippen molar-refractivity contribution in [2.75, 3.05) is 51.2 Å².